The Kier molecular flexibility index (Phi) is 12.8. The van der Waals surface area contributed by atoms with Crippen molar-refractivity contribution in [1.82, 2.24) is 10.6 Å². The molecular formula is C19H27BrCl3N3OS. The highest BCUT2D eigenvalue weighted by molar-refractivity contribution is 9.10. The maximum absolute atomic E-state index is 12.2. The molecule has 0 aliphatic carbocycles. The number of carbonyl (C=O) groups is 1. The fourth-order valence-corrected chi connectivity index (χ4v) is 3.50. The van der Waals surface area contributed by atoms with Gasteiger partial charge < -0.3 is 16.0 Å². The minimum absolute atomic E-state index is 0.178. The van der Waals surface area contributed by atoms with Gasteiger partial charge in [-0.15, -0.1) is 0 Å². The molecule has 1 atom stereocenters. The van der Waals surface area contributed by atoms with E-state index in [1.807, 2.05) is 24.3 Å². The minimum Gasteiger partial charge on any atom is -0.339 e. The van der Waals surface area contributed by atoms with E-state index in [1.54, 1.807) is 0 Å². The van der Waals surface area contributed by atoms with Crippen molar-refractivity contribution in [2.75, 3.05) is 5.32 Å². The van der Waals surface area contributed by atoms with E-state index in [0.29, 0.717) is 6.42 Å². The Morgan fingerprint density at radius 3 is 2.36 bits per heavy atom. The highest BCUT2D eigenvalue weighted by atomic mass is 79.9. The van der Waals surface area contributed by atoms with Gasteiger partial charge in [-0.3, -0.25) is 4.79 Å². The zero-order chi connectivity index (χ0) is 21.0. The van der Waals surface area contributed by atoms with Crippen LogP contribution >= 0.6 is 63.0 Å². The van der Waals surface area contributed by atoms with Gasteiger partial charge in [-0.25, -0.2) is 0 Å². The van der Waals surface area contributed by atoms with Crippen molar-refractivity contribution in [3.05, 3.63) is 28.7 Å². The molecule has 9 heteroatoms. The van der Waals surface area contributed by atoms with Gasteiger partial charge in [-0.05, 0) is 36.8 Å². The molecule has 0 aliphatic rings. The van der Waals surface area contributed by atoms with E-state index in [2.05, 4.69) is 38.8 Å². The second-order valence-electron chi connectivity index (χ2n) is 6.52. The number of unbranched alkanes of at least 4 members (excludes halogenated alkanes) is 6. The first kappa shape index (κ1) is 25.8. The average Bonchev–Trinajstić information content (AvgIpc) is 2.59. The molecule has 28 heavy (non-hydrogen) atoms. The summed E-state index contributed by atoms with van der Waals surface area (Å²) in [6, 6.07) is 7.47. The molecular weight excluding hydrogens is 505 g/mol. The van der Waals surface area contributed by atoms with Crippen LogP contribution in [0.2, 0.25) is 0 Å². The largest absolute Gasteiger partial charge is 0.339 e. The summed E-state index contributed by atoms with van der Waals surface area (Å²) >= 11 is 26.7. The summed E-state index contributed by atoms with van der Waals surface area (Å²) in [6.07, 6.45) is 7.38. The molecule has 0 fully saturated rings. The summed E-state index contributed by atoms with van der Waals surface area (Å²) in [4.78, 5) is 12.2. The number of halogens is 4. The van der Waals surface area contributed by atoms with Gasteiger partial charge >= 0.3 is 0 Å². The third-order valence-corrected chi connectivity index (χ3v) is 5.37. The first-order valence-electron chi connectivity index (χ1n) is 9.41. The van der Waals surface area contributed by atoms with Crippen molar-refractivity contribution < 1.29 is 4.79 Å². The lowest BCUT2D eigenvalue weighted by Gasteiger charge is -2.27. The van der Waals surface area contributed by atoms with Gasteiger partial charge in [0.15, 0.2) is 5.11 Å². The summed E-state index contributed by atoms with van der Waals surface area (Å²) in [5.74, 6) is -0.178. The van der Waals surface area contributed by atoms with Crippen LogP contribution in [0.1, 0.15) is 58.3 Å². The first-order valence-corrected chi connectivity index (χ1v) is 11.7. The van der Waals surface area contributed by atoms with E-state index in [4.69, 9.17) is 47.0 Å². The van der Waals surface area contributed by atoms with Crippen LogP contribution in [-0.2, 0) is 4.79 Å². The van der Waals surface area contributed by atoms with Crippen molar-refractivity contribution in [2.24, 2.45) is 0 Å². The van der Waals surface area contributed by atoms with Crippen molar-refractivity contribution in [2.45, 2.75) is 68.2 Å². The molecule has 1 amide bonds. The number of benzene rings is 1. The van der Waals surface area contributed by atoms with Gasteiger partial charge in [0, 0.05) is 16.6 Å². The van der Waals surface area contributed by atoms with E-state index in [1.165, 1.54) is 25.7 Å². The first-order chi connectivity index (χ1) is 13.2. The monoisotopic (exact) mass is 529 g/mol. The van der Waals surface area contributed by atoms with Crippen molar-refractivity contribution in [3.63, 3.8) is 0 Å². The number of hydrogen-bond acceptors (Lipinski definition) is 2. The molecule has 0 aromatic heterocycles. The fraction of sp³-hybridized carbons (Fsp3) is 0.579. The second kappa shape index (κ2) is 13.9. The predicted molar refractivity (Wildman–Crippen MR) is 128 cm³/mol. The molecule has 1 rings (SSSR count). The lowest BCUT2D eigenvalue weighted by atomic mass is 10.1. The summed E-state index contributed by atoms with van der Waals surface area (Å²) < 4.78 is -0.847. The number of rotatable bonds is 11. The van der Waals surface area contributed by atoms with Gasteiger partial charge in [0.05, 0.1) is 0 Å². The lowest BCUT2D eigenvalue weighted by Crippen LogP contribution is -2.56. The van der Waals surface area contributed by atoms with Crippen LogP contribution in [0.3, 0.4) is 0 Å². The maximum Gasteiger partial charge on any atom is 0.228 e. The van der Waals surface area contributed by atoms with E-state index in [9.17, 15) is 4.79 Å². The lowest BCUT2D eigenvalue weighted by molar-refractivity contribution is -0.122. The van der Waals surface area contributed by atoms with Crippen LogP contribution < -0.4 is 16.0 Å². The molecule has 0 radical (unpaired) electrons. The zero-order valence-electron chi connectivity index (χ0n) is 15.9. The van der Waals surface area contributed by atoms with Crippen LogP contribution in [0, 0.1) is 0 Å². The molecule has 1 aromatic carbocycles. The number of amides is 1. The topological polar surface area (TPSA) is 53.2 Å². The Labute approximate surface area is 196 Å². The molecule has 158 valence electrons. The summed E-state index contributed by atoms with van der Waals surface area (Å²) in [5, 5.41) is 8.81. The normalized spacial score (nSPS) is 12.3. The molecule has 1 unspecified atom stereocenters. The van der Waals surface area contributed by atoms with Crippen molar-refractivity contribution in [3.8, 4) is 0 Å². The van der Waals surface area contributed by atoms with Crippen molar-refractivity contribution in [1.29, 1.82) is 0 Å². The Morgan fingerprint density at radius 2 is 1.75 bits per heavy atom. The van der Waals surface area contributed by atoms with Gasteiger partial charge in [-0.1, -0.05) is 102 Å². The number of anilines is 1. The Hall–Kier alpha value is -0.270. The smallest absolute Gasteiger partial charge is 0.228 e. The molecule has 0 aliphatic heterocycles. The quantitative estimate of drug-likeness (QED) is 0.129. The number of nitrogens with one attached hydrogen (secondary N) is 3. The Balaban J connectivity index is 2.43. The van der Waals surface area contributed by atoms with E-state index in [0.717, 1.165) is 29.4 Å². The highest BCUT2D eigenvalue weighted by Gasteiger charge is 2.34. The molecule has 0 bridgehead atoms. The number of alkyl halides is 3. The molecule has 4 nitrogen and oxygen atoms in total. The van der Waals surface area contributed by atoms with Gasteiger partial charge in [0.1, 0.15) is 6.17 Å². The summed E-state index contributed by atoms with van der Waals surface area (Å²) in [5.41, 5.74) is 0.768. The average molecular weight is 532 g/mol. The van der Waals surface area contributed by atoms with Crippen LogP contribution in [0.5, 0.6) is 0 Å². The SMILES string of the molecule is CCCCCCCCCC(=O)NC(NC(=S)Nc1cccc(Br)c1)C(Cl)(Cl)Cl. The third-order valence-electron chi connectivity index (χ3n) is 4.00. The van der Waals surface area contributed by atoms with E-state index >= 15 is 0 Å². The van der Waals surface area contributed by atoms with Crippen molar-refractivity contribution >= 4 is 79.7 Å². The standard InChI is InChI=1S/C19H27BrCl3N3OS/c1-2-3-4-5-6-7-8-12-16(27)25-17(19(21,22)23)26-18(28)24-15-11-9-10-14(20)13-15/h9-11,13,17H,2-8,12H2,1H3,(H,25,27)(H2,24,26,28). The van der Waals surface area contributed by atoms with Crippen LogP contribution in [-0.4, -0.2) is 21.0 Å². The predicted octanol–water partition coefficient (Wildman–Crippen LogP) is 6.69. The highest BCUT2D eigenvalue weighted by Crippen LogP contribution is 2.29. The molecule has 3 N–H and O–H groups in total. The third kappa shape index (κ3) is 11.7. The van der Waals surface area contributed by atoms with Crippen LogP contribution in [0.4, 0.5) is 5.69 Å². The zero-order valence-corrected chi connectivity index (χ0v) is 20.5. The Morgan fingerprint density at radius 1 is 1.11 bits per heavy atom. The molecule has 1 aromatic rings. The minimum atomic E-state index is -1.75. The fourth-order valence-electron chi connectivity index (χ4n) is 2.54. The number of carbonyl (C=O) groups excluding carboxylic acids is 1. The Bertz CT molecular complexity index is 629. The van der Waals surface area contributed by atoms with E-state index < -0.39 is 9.96 Å². The second-order valence-corrected chi connectivity index (χ2v) is 10.2. The number of hydrogen-bond donors (Lipinski definition) is 3. The van der Waals surface area contributed by atoms with E-state index in [-0.39, 0.29) is 11.0 Å². The molecule has 0 spiro atoms. The molecule has 0 saturated carbocycles. The van der Waals surface area contributed by atoms with Gasteiger partial charge in [0.25, 0.3) is 0 Å². The summed E-state index contributed by atoms with van der Waals surface area (Å²) in [6.45, 7) is 2.19. The van der Waals surface area contributed by atoms with Gasteiger partial charge in [0.2, 0.25) is 9.70 Å². The van der Waals surface area contributed by atoms with Gasteiger partial charge in [-0.2, -0.15) is 0 Å². The van der Waals surface area contributed by atoms with Crippen LogP contribution in [0.15, 0.2) is 28.7 Å². The summed E-state index contributed by atoms with van der Waals surface area (Å²) in [7, 11) is 0. The molecule has 0 saturated heterocycles. The number of thiocarbonyl (C=S) groups is 1. The maximum atomic E-state index is 12.2. The molecule has 0 heterocycles. The van der Waals surface area contributed by atoms with Crippen LogP contribution in [0.25, 0.3) is 0 Å².